The van der Waals surface area contributed by atoms with Crippen LogP contribution in [0.4, 0.5) is 0 Å². The van der Waals surface area contributed by atoms with Gasteiger partial charge in [0.05, 0.1) is 0 Å². The number of hydrogen-bond acceptors (Lipinski definition) is 1. The van der Waals surface area contributed by atoms with E-state index in [1.54, 1.807) is 0 Å². The molecule has 0 N–H and O–H groups in total. The number of allylic oxidation sites excluding steroid dienone is 5. The molecule has 3 aromatic rings. The molecule has 1 heterocycles. The van der Waals surface area contributed by atoms with Crippen LogP contribution in [0.1, 0.15) is 0 Å². The monoisotopic (exact) mass is 389 g/mol. The molecule has 27 heavy (non-hydrogen) atoms. The molecule has 2 aromatic carbocycles. The predicted molar refractivity (Wildman–Crippen MR) is 120 cm³/mol. The Morgan fingerprint density at radius 3 is 1.89 bits per heavy atom. The van der Waals surface area contributed by atoms with E-state index in [4.69, 9.17) is 16.2 Å². The van der Waals surface area contributed by atoms with Gasteiger partial charge in [-0.05, 0) is 0 Å². The fourth-order valence-electron chi connectivity index (χ4n) is 3.97. The molecular weight excluding hydrogens is 369 g/mol. The fourth-order valence-corrected chi connectivity index (χ4v) is 10.6. The Balaban J connectivity index is 2.19. The van der Waals surface area contributed by atoms with Crippen molar-refractivity contribution < 1.29 is 0 Å². The summed E-state index contributed by atoms with van der Waals surface area (Å²) in [6.45, 7) is 4.37. The summed E-state index contributed by atoms with van der Waals surface area (Å²) in [5.74, 6) is -3.48. The molecule has 0 saturated heterocycles. The molecule has 1 unspecified atom stereocenters. The zero-order chi connectivity index (χ0) is 18.8. The summed E-state index contributed by atoms with van der Waals surface area (Å²) in [4.78, 5) is 4.81. The molecule has 1 nitrogen and oxygen atoms in total. The zero-order valence-electron chi connectivity index (χ0n) is 14.9. The Morgan fingerprint density at radius 1 is 0.778 bits per heavy atom. The Bertz CT molecular complexity index is 911. The molecule has 1 atom stereocenters. The van der Waals surface area contributed by atoms with Gasteiger partial charge in [0, 0.05) is 0 Å². The van der Waals surface area contributed by atoms with Gasteiger partial charge in [-0.2, -0.15) is 0 Å². The molecule has 1 aromatic heterocycles. The van der Waals surface area contributed by atoms with Gasteiger partial charge in [-0.25, -0.2) is 0 Å². The van der Waals surface area contributed by atoms with Crippen molar-refractivity contribution in [3.63, 3.8) is 0 Å². The van der Waals surface area contributed by atoms with Gasteiger partial charge >= 0.3 is 165 Å². The van der Waals surface area contributed by atoms with Crippen LogP contribution in [-0.2, 0) is 0 Å². The number of pyridine rings is 1. The van der Waals surface area contributed by atoms with Crippen molar-refractivity contribution in [2.75, 3.05) is 0 Å². The predicted octanol–water partition coefficient (Wildman–Crippen LogP) is 5.12. The van der Waals surface area contributed by atoms with Gasteiger partial charge in [0.25, 0.3) is 0 Å². The van der Waals surface area contributed by atoms with Crippen LogP contribution >= 0.6 is 17.2 Å². The second-order valence-electron chi connectivity index (χ2n) is 6.70. The maximum absolute atomic E-state index is 8.07. The number of hydrogen-bond donors (Lipinski definition) is 0. The normalized spacial score (nSPS) is 18.0. The molecule has 0 aliphatic heterocycles. The van der Waals surface area contributed by atoms with Crippen molar-refractivity contribution in [1.29, 1.82) is 0 Å². The molecular formula is C24H21ClNP. The summed E-state index contributed by atoms with van der Waals surface area (Å²) in [6.07, 6.45) is 10.2. The summed E-state index contributed by atoms with van der Waals surface area (Å²) in [5.41, 5.74) is 1.85. The number of aromatic nitrogens is 1. The maximum atomic E-state index is 8.07. The molecule has 0 spiro atoms. The molecule has 0 saturated carbocycles. The van der Waals surface area contributed by atoms with E-state index < -0.39 is 5.96 Å². The van der Waals surface area contributed by atoms with Gasteiger partial charge in [0.15, 0.2) is 0 Å². The molecule has 0 fully saturated rings. The van der Waals surface area contributed by atoms with Gasteiger partial charge in [-0.3, -0.25) is 0 Å². The second-order valence-corrected chi connectivity index (χ2v) is 13.0. The molecule has 0 bridgehead atoms. The summed E-state index contributed by atoms with van der Waals surface area (Å²) >= 11 is 8.07. The average Bonchev–Trinajstić information content (AvgIpc) is 2.75. The topological polar surface area (TPSA) is 12.9 Å². The van der Waals surface area contributed by atoms with Crippen molar-refractivity contribution >= 4 is 33.2 Å². The minimum absolute atomic E-state index is 0.0673. The number of rotatable bonds is 4. The first kappa shape index (κ1) is 17.9. The third-order valence-corrected chi connectivity index (χ3v) is 12.9. The number of nitrogens with zero attached hydrogens (tertiary/aromatic N) is 1. The van der Waals surface area contributed by atoms with E-state index >= 15 is 0 Å². The van der Waals surface area contributed by atoms with E-state index in [-0.39, 0.29) is 5.66 Å². The Kier molecular flexibility index (Phi) is 4.60. The molecule has 0 amide bonds. The first-order chi connectivity index (χ1) is 13.2. The van der Waals surface area contributed by atoms with E-state index in [2.05, 4.69) is 79.4 Å². The van der Waals surface area contributed by atoms with Gasteiger partial charge in [0.2, 0.25) is 0 Å². The summed E-state index contributed by atoms with van der Waals surface area (Å²) < 4.78 is 0. The van der Waals surface area contributed by atoms with Gasteiger partial charge < -0.3 is 0 Å². The van der Waals surface area contributed by atoms with Crippen molar-refractivity contribution in [3.05, 3.63) is 122 Å². The zero-order valence-corrected chi connectivity index (χ0v) is 16.6. The quantitative estimate of drug-likeness (QED) is 0.565. The third-order valence-electron chi connectivity index (χ3n) is 5.24. The van der Waals surface area contributed by atoms with Crippen LogP contribution in [0.2, 0.25) is 0 Å². The van der Waals surface area contributed by atoms with Gasteiger partial charge in [-0.15, -0.1) is 0 Å². The Morgan fingerprint density at radius 2 is 1.37 bits per heavy atom. The van der Waals surface area contributed by atoms with Crippen LogP contribution in [0.5, 0.6) is 0 Å². The molecule has 0 radical (unpaired) electrons. The molecule has 4 rings (SSSR count). The minimum atomic E-state index is -3.48. The molecule has 3 heteroatoms. The van der Waals surface area contributed by atoms with E-state index in [0.29, 0.717) is 0 Å². The first-order valence-electron chi connectivity index (χ1n) is 8.95. The number of benzene rings is 2. The van der Waals surface area contributed by atoms with Crippen LogP contribution in [-0.4, -0.2) is 10.6 Å². The average molecular weight is 390 g/mol. The van der Waals surface area contributed by atoms with Gasteiger partial charge in [-0.1, -0.05) is 0 Å². The summed E-state index contributed by atoms with van der Waals surface area (Å²) in [5, 5.41) is 2.20. The standard InChI is InChI=1S/C24H21ClNP/c1-20-12-8-9-17-23(20)27(25,21-13-4-2-5-14-21,22-15-6-3-7-16-22)24-18-10-11-19-26-24/h2-19,23H,1H2. The SMILES string of the molecule is C=C1C=CC=CC1P(Cl)(c1ccccc1)(c1ccccc1)c1ccccn1. The Hall–Kier alpha value is -2.47. The van der Waals surface area contributed by atoms with Crippen LogP contribution < -0.4 is 16.0 Å². The van der Waals surface area contributed by atoms with Crippen molar-refractivity contribution in [2.45, 2.75) is 5.66 Å². The van der Waals surface area contributed by atoms with Crippen LogP contribution in [0.25, 0.3) is 0 Å². The number of halogens is 1. The van der Waals surface area contributed by atoms with Crippen molar-refractivity contribution in [3.8, 4) is 0 Å². The summed E-state index contributed by atoms with van der Waals surface area (Å²) in [6, 6.07) is 26.8. The van der Waals surface area contributed by atoms with Crippen LogP contribution in [0.3, 0.4) is 0 Å². The Labute approximate surface area is 165 Å². The van der Waals surface area contributed by atoms with Crippen molar-refractivity contribution in [1.82, 2.24) is 4.98 Å². The summed E-state index contributed by atoms with van der Waals surface area (Å²) in [7, 11) is 0. The van der Waals surface area contributed by atoms with Crippen LogP contribution in [0, 0.1) is 0 Å². The molecule has 1 aliphatic carbocycles. The third kappa shape index (κ3) is 2.62. The van der Waals surface area contributed by atoms with Gasteiger partial charge in [0.1, 0.15) is 0 Å². The van der Waals surface area contributed by atoms with E-state index in [0.717, 1.165) is 21.6 Å². The molecule has 1 aliphatic rings. The second kappa shape index (κ2) is 6.93. The fraction of sp³-hybridized carbons (Fsp3) is 0.0417. The van der Waals surface area contributed by atoms with Crippen molar-refractivity contribution in [2.24, 2.45) is 0 Å². The first-order valence-corrected chi connectivity index (χ1v) is 12.2. The molecule has 134 valence electrons. The van der Waals surface area contributed by atoms with Crippen LogP contribution in [0.15, 0.2) is 122 Å². The van der Waals surface area contributed by atoms with E-state index in [1.165, 1.54) is 0 Å². The van der Waals surface area contributed by atoms with E-state index in [9.17, 15) is 0 Å². The van der Waals surface area contributed by atoms with E-state index in [1.807, 2.05) is 36.5 Å².